The summed E-state index contributed by atoms with van der Waals surface area (Å²) in [7, 11) is -5.45. The first-order valence-corrected chi connectivity index (χ1v) is 13.4. The van der Waals surface area contributed by atoms with Crippen molar-refractivity contribution >= 4 is 37.4 Å². The van der Waals surface area contributed by atoms with Crippen LogP contribution >= 0.6 is 0 Å². The third-order valence-corrected chi connectivity index (χ3v) is 9.25. The Kier molecular flexibility index (Phi) is 5.84. The molecule has 0 spiro atoms. The predicted octanol–water partition coefficient (Wildman–Crippen LogP) is 2.39. The van der Waals surface area contributed by atoms with E-state index in [0.29, 0.717) is 0 Å². The van der Waals surface area contributed by atoms with E-state index < -0.39 is 37.0 Å². The highest BCUT2D eigenvalue weighted by Crippen LogP contribution is 2.34. The maximum atomic E-state index is 13.5. The summed E-state index contributed by atoms with van der Waals surface area (Å²) < 4.78 is 58.4. The Bertz CT molecular complexity index is 1590. The number of hydrogen-bond donors (Lipinski definition) is 0. The van der Waals surface area contributed by atoms with Gasteiger partial charge in [-0.05, 0) is 45.0 Å². The van der Waals surface area contributed by atoms with Crippen molar-refractivity contribution in [2.24, 2.45) is 7.05 Å². The Hall–Kier alpha value is -3.51. The summed E-state index contributed by atoms with van der Waals surface area (Å²) in [5.74, 6) is -1.48. The number of rotatable bonds is 5. The highest BCUT2D eigenvalue weighted by molar-refractivity contribution is 7.94. The monoisotopic (exact) mass is 517 g/mol. The molecule has 3 aromatic rings. The third-order valence-electron chi connectivity index (χ3n) is 5.96. The summed E-state index contributed by atoms with van der Waals surface area (Å²) in [6.07, 6.45) is 0. The number of carbonyl (C=O) groups is 2. The number of nitrogens with zero attached hydrogens (tertiary/aromatic N) is 3. The number of fused-ring (bicyclic) bond motifs is 1. The number of aryl methyl sites for hydroxylation is 3. The molecule has 0 saturated carbocycles. The standard InChI is InChI=1S/C23H23N3O7S2/c1-13-6-9-17(10-7-13)35(31,32)33-23-20(14(2)24-25(23)4)22(28)16-8-11-18-19(12-16)26(5)34(29,30)15(3)21(18)27/h6-12,15H,1-5H3. The van der Waals surface area contributed by atoms with Crippen molar-refractivity contribution in [2.45, 2.75) is 30.9 Å². The fourth-order valence-corrected chi connectivity index (χ4v) is 6.13. The van der Waals surface area contributed by atoms with Crippen LogP contribution in [-0.2, 0) is 27.2 Å². The molecule has 35 heavy (non-hydrogen) atoms. The molecule has 0 bridgehead atoms. The minimum atomic E-state index is -4.27. The second-order valence-electron chi connectivity index (χ2n) is 8.32. The molecule has 0 aliphatic carbocycles. The van der Waals surface area contributed by atoms with Crippen LogP contribution in [0.3, 0.4) is 0 Å². The summed E-state index contributed by atoms with van der Waals surface area (Å²) in [4.78, 5) is 26.0. The van der Waals surface area contributed by atoms with Crippen LogP contribution < -0.4 is 8.49 Å². The van der Waals surface area contributed by atoms with Crippen molar-refractivity contribution in [3.63, 3.8) is 0 Å². The van der Waals surface area contributed by atoms with E-state index in [1.54, 1.807) is 12.1 Å². The fourth-order valence-electron chi connectivity index (χ4n) is 3.87. The topological polar surface area (TPSA) is 133 Å². The number of hydrogen-bond acceptors (Lipinski definition) is 8. The number of Topliss-reactive ketones (excluding diaryl/α,β-unsaturated/α-hetero) is 1. The lowest BCUT2D eigenvalue weighted by Crippen LogP contribution is -2.44. The van der Waals surface area contributed by atoms with Crippen LogP contribution in [-0.4, -0.2) is 50.5 Å². The van der Waals surface area contributed by atoms with Gasteiger partial charge in [0.15, 0.2) is 11.6 Å². The van der Waals surface area contributed by atoms with Crippen molar-refractivity contribution in [1.82, 2.24) is 9.78 Å². The highest BCUT2D eigenvalue weighted by Gasteiger charge is 2.40. The van der Waals surface area contributed by atoms with E-state index in [4.69, 9.17) is 4.18 Å². The van der Waals surface area contributed by atoms with E-state index in [0.717, 1.165) is 14.6 Å². The second-order valence-corrected chi connectivity index (χ2v) is 12.2. The van der Waals surface area contributed by atoms with Gasteiger partial charge in [-0.3, -0.25) is 13.9 Å². The molecular weight excluding hydrogens is 494 g/mol. The van der Waals surface area contributed by atoms with Crippen LogP contribution in [0.15, 0.2) is 47.4 Å². The van der Waals surface area contributed by atoms with E-state index in [1.807, 2.05) is 6.92 Å². The normalized spacial score (nSPS) is 17.2. The second kappa shape index (κ2) is 8.31. The van der Waals surface area contributed by atoms with Gasteiger partial charge in [-0.2, -0.15) is 13.5 Å². The zero-order chi connectivity index (χ0) is 25.9. The van der Waals surface area contributed by atoms with Crippen molar-refractivity contribution < 1.29 is 30.6 Å². The van der Waals surface area contributed by atoms with Gasteiger partial charge in [0.05, 0.1) is 11.4 Å². The Morgan fingerprint density at radius 2 is 1.69 bits per heavy atom. The molecule has 0 amide bonds. The van der Waals surface area contributed by atoms with Gasteiger partial charge >= 0.3 is 10.1 Å². The molecule has 0 N–H and O–H groups in total. The van der Waals surface area contributed by atoms with Gasteiger partial charge in [-0.15, -0.1) is 0 Å². The first-order chi connectivity index (χ1) is 16.3. The fraction of sp³-hybridized carbons (Fsp3) is 0.261. The van der Waals surface area contributed by atoms with Crippen LogP contribution in [0.4, 0.5) is 5.69 Å². The van der Waals surface area contributed by atoms with E-state index >= 15 is 0 Å². The summed E-state index contributed by atoms with van der Waals surface area (Å²) in [6.45, 7) is 4.65. The maximum absolute atomic E-state index is 13.5. The average Bonchev–Trinajstić information content (AvgIpc) is 3.08. The lowest BCUT2D eigenvalue weighted by molar-refractivity contribution is 0.0987. The van der Waals surface area contributed by atoms with Crippen LogP contribution in [0, 0.1) is 13.8 Å². The van der Waals surface area contributed by atoms with Gasteiger partial charge < -0.3 is 4.18 Å². The van der Waals surface area contributed by atoms with Crippen molar-refractivity contribution in [2.75, 3.05) is 11.4 Å². The SMILES string of the molecule is Cc1ccc(S(=O)(=O)Oc2c(C(=O)c3ccc4c(c3)N(C)S(=O)(=O)C(C)C4=O)c(C)nn2C)cc1. The maximum Gasteiger partial charge on any atom is 0.340 e. The molecule has 0 radical (unpaired) electrons. The highest BCUT2D eigenvalue weighted by atomic mass is 32.2. The molecular formula is C23H23N3O7S2. The van der Waals surface area contributed by atoms with Gasteiger partial charge in [0.25, 0.3) is 0 Å². The number of aromatic nitrogens is 2. The molecule has 1 unspecified atom stereocenters. The Balaban J connectivity index is 1.78. The molecule has 1 aliphatic heterocycles. The number of anilines is 1. The van der Waals surface area contributed by atoms with Gasteiger partial charge in [-0.1, -0.05) is 23.8 Å². The van der Waals surface area contributed by atoms with Crippen LogP contribution in [0.25, 0.3) is 0 Å². The summed E-state index contributed by atoms with van der Waals surface area (Å²) in [6, 6.07) is 10.1. The Morgan fingerprint density at radius 1 is 1.06 bits per heavy atom. The van der Waals surface area contributed by atoms with Gasteiger partial charge in [0.2, 0.25) is 15.9 Å². The number of ketones is 2. The average molecular weight is 518 g/mol. The lowest BCUT2D eigenvalue weighted by Gasteiger charge is -2.30. The summed E-state index contributed by atoms with van der Waals surface area (Å²) in [5.41, 5.74) is 1.27. The quantitative estimate of drug-likeness (QED) is 0.372. The first-order valence-electron chi connectivity index (χ1n) is 10.5. The molecule has 1 atom stereocenters. The largest absolute Gasteiger partial charge is 0.358 e. The first kappa shape index (κ1) is 24.6. The molecule has 1 aromatic heterocycles. The third kappa shape index (κ3) is 4.02. The van der Waals surface area contributed by atoms with Crippen LogP contribution in [0.2, 0.25) is 0 Å². The zero-order valence-corrected chi connectivity index (χ0v) is 21.3. The predicted molar refractivity (Wildman–Crippen MR) is 128 cm³/mol. The Labute approximate surface area is 203 Å². The molecule has 2 aromatic carbocycles. The summed E-state index contributed by atoms with van der Waals surface area (Å²) in [5, 5.41) is 2.90. The van der Waals surface area contributed by atoms with Gasteiger partial charge in [-0.25, -0.2) is 13.1 Å². The molecule has 10 nitrogen and oxygen atoms in total. The molecule has 1 aliphatic rings. The zero-order valence-electron chi connectivity index (χ0n) is 19.6. The molecule has 184 valence electrons. The van der Waals surface area contributed by atoms with Crippen LogP contribution in [0.1, 0.15) is 44.5 Å². The van der Waals surface area contributed by atoms with Crippen molar-refractivity contribution in [3.8, 4) is 5.88 Å². The molecule has 2 heterocycles. The van der Waals surface area contributed by atoms with Crippen molar-refractivity contribution in [3.05, 3.63) is 70.4 Å². The van der Waals surface area contributed by atoms with Crippen LogP contribution in [0.5, 0.6) is 5.88 Å². The number of sulfonamides is 1. The van der Waals surface area contributed by atoms with Crippen molar-refractivity contribution in [1.29, 1.82) is 0 Å². The number of carbonyl (C=O) groups excluding carboxylic acids is 2. The summed E-state index contributed by atoms with van der Waals surface area (Å²) >= 11 is 0. The van der Waals surface area contributed by atoms with E-state index in [2.05, 4.69) is 5.10 Å². The van der Waals surface area contributed by atoms with Gasteiger partial charge in [0, 0.05) is 25.2 Å². The smallest absolute Gasteiger partial charge is 0.340 e. The molecule has 0 fully saturated rings. The Morgan fingerprint density at radius 3 is 2.31 bits per heavy atom. The van der Waals surface area contributed by atoms with E-state index in [1.165, 1.54) is 58.3 Å². The molecule has 12 heteroatoms. The number of benzene rings is 2. The van der Waals surface area contributed by atoms with E-state index in [9.17, 15) is 26.4 Å². The lowest BCUT2D eigenvalue weighted by atomic mass is 9.98. The van der Waals surface area contributed by atoms with Gasteiger partial charge in [0.1, 0.15) is 15.7 Å². The molecule has 0 saturated heterocycles. The van der Waals surface area contributed by atoms with E-state index in [-0.39, 0.29) is 38.8 Å². The molecule has 4 rings (SSSR count). The minimum absolute atomic E-state index is 0.0434. The minimum Gasteiger partial charge on any atom is -0.358 e.